The zero-order valence-corrected chi connectivity index (χ0v) is 16.0. The van der Waals surface area contributed by atoms with Gasteiger partial charge in [0, 0.05) is 24.3 Å². The van der Waals surface area contributed by atoms with E-state index in [2.05, 4.69) is 5.32 Å². The van der Waals surface area contributed by atoms with Crippen LogP contribution in [-0.4, -0.2) is 56.0 Å². The Bertz CT molecular complexity index is 996. The minimum atomic E-state index is -3.63. The minimum absolute atomic E-state index is 0.0628. The number of nitrogens with zero attached hydrogens (tertiary/aromatic N) is 1. The van der Waals surface area contributed by atoms with Crippen molar-refractivity contribution >= 4 is 27.6 Å². The first kappa shape index (κ1) is 20.0. The van der Waals surface area contributed by atoms with Gasteiger partial charge in [-0.2, -0.15) is 4.31 Å². The number of carboxylic acid groups (broad SMARTS) is 1. The van der Waals surface area contributed by atoms with Gasteiger partial charge in [0.25, 0.3) is 5.91 Å². The zero-order chi connectivity index (χ0) is 20.3. The summed E-state index contributed by atoms with van der Waals surface area (Å²) in [7, 11) is -3.63. The van der Waals surface area contributed by atoms with Crippen LogP contribution in [0.5, 0.6) is 0 Å². The van der Waals surface area contributed by atoms with Gasteiger partial charge in [0.1, 0.15) is 0 Å². The summed E-state index contributed by atoms with van der Waals surface area (Å²) in [6.07, 6.45) is 0. The fraction of sp³-hybridized carbons (Fsp3) is 0.263. The molecular weight excluding hydrogens is 384 g/mol. The number of nitrogens with one attached hydrogen (secondary N) is 1. The highest BCUT2D eigenvalue weighted by Gasteiger charge is 2.26. The first-order valence-corrected chi connectivity index (χ1v) is 10.1. The molecule has 28 heavy (non-hydrogen) atoms. The van der Waals surface area contributed by atoms with Crippen LogP contribution >= 0.6 is 0 Å². The Morgan fingerprint density at radius 1 is 1.04 bits per heavy atom. The second-order valence-electron chi connectivity index (χ2n) is 6.33. The fourth-order valence-electron chi connectivity index (χ4n) is 2.80. The molecule has 0 bridgehead atoms. The molecule has 0 saturated carbocycles. The predicted molar refractivity (Wildman–Crippen MR) is 102 cm³/mol. The SMILES string of the molecule is Cc1ccc(C(=O)O)cc1NC(=O)c1ccc(S(=O)(=O)N2CCOCC2)cc1. The van der Waals surface area contributed by atoms with Gasteiger partial charge >= 0.3 is 5.97 Å². The van der Waals surface area contributed by atoms with E-state index in [0.717, 1.165) is 0 Å². The average molecular weight is 404 g/mol. The zero-order valence-electron chi connectivity index (χ0n) is 15.2. The molecule has 1 saturated heterocycles. The molecule has 1 aliphatic heterocycles. The minimum Gasteiger partial charge on any atom is -0.478 e. The van der Waals surface area contributed by atoms with E-state index in [1.807, 2.05) is 0 Å². The van der Waals surface area contributed by atoms with Crippen LogP contribution in [0.1, 0.15) is 26.3 Å². The average Bonchev–Trinajstić information content (AvgIpc) is 2.70. The van der Waals surface area contributed by atoms with E-state index < -0.39 is 21.9 Å². The molecule has 1 aliphatic rings. The number of hydrogen-bond acceptors (Lipinski definition) is 5. The van der Waals surface area contributed by atoms with Gasteiger partial charge < -0.3 is 15.2 Å². The summed E-state index contributed by atoms with van der Waals surface area (Å²) in [5.74, 6) is -1.55. The van der Waals surface area contributed by atoms with Crippen molar-refractivity contribution in [2.24, 2.45) is 0 Å². The number of ether oxygens (including phenoxy) is 1. The number of benzene rings is 2. The fourth-order valence-corrected chi connectivity index (χ4v) is 4.21. The first-order valence-electron chi connectivity index (χ1n) is 8.62. The monoisotopic (exact) mass is 404 g/mol. The number of aryl methyl sites for hydroxylation is 1. The molecule has 2 aromatic carbocycles. The third-order valence-electron chi connectivity index (χ3n) is 4.46. The van der Waals surface area contributed by atoms with Crippen molar-refractivity contribution in [3.8, 4) is 0 Å². The van der Waals surface area contributed by atoms with Gasteiger partial charge in [0.2, 0.25) is 10.0 Å². The van der Waals surface area contributed by atoms with Gasteiger partial charge in [-0.05, 0) is 48.9 Å². The largest absolute Gasteiger partial charge is 0.478 e. The maximum absolute atomic E-state index is 12.6. The van der Waals surface area contributed by atoms with Crippen molar-refractivity contribution in [3.63, 3.8) is 0 Å². The summed E-state index contributed by atoms with van der Waals surface area (Å²) in [4.78, 5) is 23.7. The van der Waals surface area contributed by atoms with Crippen LogP contribution in [0, 0.1) is 6.92 Å². The predicted octanol–water partition coefficient (Wildman–Crippen LogP) is 1.97. The number of carbonyl (C=O) groups is 2. The Labute approximate surface area is 162 Å². The second kappa shape index (κ2) is 8.09. The molecule has 0 aromatic heterocycles. The van der Waals surface area contributed by atoms with Crippen molar-refractivity contribution in [2.75, 3.05) is 31.6 Å². The van der Waals surface area contributed by atoms with Crippen LogP contribution < -0.4 is 5.32 Å². The van der Waals surface area contributed by atoms with Gasteiger partial charge in [-0.3, -0.25) is 4.79 Å². The van der Waals surface area contributed by atoms with Crippen molar-refractivity contribution < 1.29 is 27.9 Å². The second-order valence-corrected chi connectivity index (χ2v) is 8.27. The summed E-state index contributed by atoms with van der Waals surface area (Å²) in [6.45, 7) is 3.05. The van der Waals surface area contributed by atoms with Gasteiger partial charge in [0.15, 0.2) is 0 Å². The van der Waals surface area contributed by atoms with Gasteiger partial charge in [-0.1, -0.05) is 6.07 Å². The Hall–Kier alpha value is -2.75. The quantitative estimate of drug-likeness (QED) is 0.788. The highest BCUT2D eigenvalue weighted by Crippen LogP contribution is 2.20. The molecule has 2 aromatic rings. The lowest BCUT2D eigenvalue weighted by Gasteiger charge is -2.26. The van der Waals surface area contributed by atoms with Crippen molar-refractivity contribution in [2.45, 2.75) is 11.8 Å². The Kier molecular flexibility index (Phi) is 5.78. The molecule has 0 spiro atoms. The molecule has 3 rings (SSSR count). The summed E-state index contributed by atoms with van der Waals surface area (Å²) in [5, 5.41) is 11.7. The standard InChI is InChI=1S/C19H20N2O6S/c1-13-2-3-15(19(23)24)12-17(13)20-18(22)14-4-6-16(7-5-14)28(25,26)21-8-10-27-11-9-21/h2-7,12H,8-11H2,1H3,(H,20,22)(H,23,24). The van der Waals surface area contributed by atoms with Crippen LogP contribution in [-0.2, 0) is 14.8 Å². The Balaban J connectivity index is 1.77. The van der Waals surface area contributed by atoms with Crippen LogP contribution in [0.25, 0.3) is 0 Å². The van der Waals surface area contributed by atoms with Gasteiger partial charge in [-0.15, -0.1) is 0 Å². The number of carboxylic acids is 1. The van der Waals surface area contributed by atoms with Crippen LogP contribution in [0.3, 0.4) is 0 Å². The van der Waals surface area contributed by atoms with E-state index in [9.17, 15) is 18.0 Å². The number of rotatable bonds is 5. The molecule has 9 heteroatoms. The molecule has 1 fully saturated rings. The lowest BCUT2D eigenvalue weighted by atomic mass is 10.1. The molecular formula is C19H20N2O6S. The van der Waals surface area contributed by atoms with E-state index in [0.29, 0.717) is 37.6 Å². The molecule has 148 valence electrons. The molecule has 0 aliphatic carbocycles. The summed E-state index contributed by atoms with van der Waals surface area (Å²) in [5.41, 5.74) is 1.42. The third-order valence-corrected chi connectivity index (χ3v) is 6.37. The Morgan fingerprint density at radius 2 is 1.64 bits per heavy atom. The molecule has 1 amide bonds. The summed E-state index contributed by atoms with van der Waals surface area (Å²) >= 11 is 0. The van der Waals surface area contributed by atoms with E-state index in [-0.39, 0.29) is 16.0 Å². The molecule has 0 radical (unpaired) electrons. The lowest BCUT2D eigenvalue weighted by molar-refractivity contribution is 0.0696. The van der Waals surface area contributed by atoms with E-state index in [1.165, 1.54) is 40.7 Å². The van der Waals surface area contributed by atoms with Gasteiger partial charge in [0.05, 0.1) is 23.7 Å². The maximum atomic E-state index is 12.6. The number of hydrogen-bond donors (Lipinski definition) is 2. The summed E-state index contributed by atoms with van der Waals surface area (Å²) in [6, 6.07) is 10.1. The van der Waals surface area contributed by atoms with Crippen LogP contribution in [0.4, 0.5) is 5.69 Å². The number of morpholine rings is 1. The lowest BCUT2D eigenvalue weighted by Crippen LogP contribution is -2.40. The van der Waals surface area contributed by atoms with E-state index in [4.69, 9.17) is 9.84 Å². The van der Waals surface area contributed by atoms with Crippen molar-refractivity contribution in [1.82, 2.24) is 4.31 Å². The van der Waals surface area contributed by atoms with Crippen molar-refractivity contribution in [1.29, 1.82) is 0 Å². The highest BCUT2D eigenvalue weighted by atomic mass is 32.2. The molecule has 2 N–H and O–H groups in total. The summed E-state index contributed by atoms with van der Waals surface area (Å²) < 4.78 is 31.8. The number of sulfonamides is 1. The van der Waals surface area contributed by atoms with Crippen molar-refractivity contribution in [3.05, 3.63) is 59.2 Å². The smallest absolute Gasteiger partial charge is 0.335 e. The van der Waals surface area contributed by atoms with Crippen LogP contribution in [0.2, 0.25) is 0 Å². The van der Waals surface area contributed by atoms with Gasteiger partial charge in [-0.25, -0.2) is 13.2 Å². The highest BCUT2D eigenvalue weighted by molar-refractivity contribution is 7.89. The number of carbonyl (C=O) groups excluding carboxylic acids is 1. The topological polar surface area (TPSA) is 113 Å². The van der Waals surface area contributed by atoms with E-state index >= 15 is 0 Å². The maximum Gasteiger partial charge on any atom is 0.335 e. The molecule has 8 nitrogen and oxygen atoms in total. The first-order chi connectivity index (χ1) is 13.3. The molecule has 1 heterocycles. The number of amides is 1. The normalized spacial score (nSPS) is 15.2. The third kappa shape index (κ3) is 4.22. The number of anilines is 1. The number of aromatic carboxylic acids is 1. The van der Waals surface area contributed by atoms with Crippen LogP contribution in [0.15, 0.2) is 47.4 Å². The molecule has 0 unspecified atom stereocenters. The molecule has 0 atom stereocenters. The van der Waals surface area contributed by atoms with E-state index in [1.54, 1.807) is 13.0 Å². The Morgan fingerprint density at radius 3 is 2.25 bits per heavy atom.